The summed E-state index contributed by atoms with van der Waals surface area (Å²) in [6, 6.07) is 0.826. The van der Waals surface area contributed by atoms with Crippen LogP contribution < -0.4 is 37.6 Å². The molecule has 4 saturated heterocycles. The second-order valence-electron chi connectivity index (χ2n) is 20.0. The van der Waals surface area contributed by atoms with Crippen LogP contribution in [-0.4, -0.2) is 308 Å². The Morgan fingerprint density at radius 3 is 0.977 bits per heavy atom. The Labute approximate surface area is 528 Å². The maximum absolute atomic E-state index is 12.0. The fourth-order valence-electron chi connectivity index (χ4n) is 8.77. The molecule has 512 valence electrons. The molecule has 4 heterocycles. The Bertz CT molecular complexity index is 1750. The van der Waals surface area contributed by atoms with Gasteiger partial charge in [0, 0.05) is 65.9 Å². The van der Waals surface area contributed by atoms with E-state index in [1.165, 1.54) is 0 Å². The van der Waals surface area contributed by atoms with Crippen molar-refractivity contribution in [1.82, 2.24) is 31.9 Å². The number of hydrogen-bond donors (Lipinski definition) is 7. The second kappa shape index (κ2) is 58.9. The number of thioether (sulfide) groups is 2. The van der Waals surface area contributed by atoms with Crippen LogP contribution >= 0.6 is 23.5 Å². The molecule has 4 aliphatic rings. The topological polar surface area (TPSA) is 363 Å². The normalized spacial score (nSPS) is 19.1. The quantitative estimate of drug-likeness (QED) is 0.0148. The zero-order valence-corrected chi connectivity index (χ0v) is 53.5. The van der Waals surface area contributed by atoms with Crippen LogP contribution in [0.2, 0.25) is 0 Å². The van der Waals surface area contributed by atoms with Gasteiger partial charge in [0.25, 0.3) is 0 Å². The molecule has 6 amide bonds. The standard InChI is InChI=1S/C28H52N6O10S.C28H54N4O10S/c29-34-31-6-8-38-10-12-40-14-16-42-18-20-44-22-21-43-19-17-41-15-13-39-11-9-37-7-5-30-26(35)4-2-1-3-25-27-24(23-45-25)32-28(36)33-27;29-5-7-35-9-11-37-13-15-39-17-19-41-21-22-42-20-18-40-16-14-38-12-10-36-8-6-30-26(33)4-2-1-3-25-27-24(23-43-25)31-28(34)32-27/h24-25,27H,1-23H2,(H,30,35)(H2,32,33,36);24-25,27H,1-23,29H2,(H,30,33)(H2,31,32,34)/t2*24-,25-,27-/m00/s1. The number of nitrogens with zero attached hydrogens (tertiary/aromatic N) is 3. The van der Waals surface area contributed by atoms with Crippen LogP contribution in [0.25, 0.3) is 10.4 Å². The van der Waals surface area contributed by atoms with Crippen LogP contribution in [0.15, 0.2) is 5.11 Å². The minimum atomic E-state index is -0.0614. The number of nitrogens with one attached hydrogen (secondary N) is 6. The summed E-state index contributed by atoms with van der Waals surface area (Å²) < 4.78 is 86.7. The molecule has 0 aromatic rings. The summed E-state index contributed by atoms with van der Waals surface area (Å²) in [7, 11) is 0. The van der Waals surface area contributed by atoms with Gasteiger partial charge in [-0.25, -0.2) is 9.59 Å². The zero-order chi connectivity index (χ0) is 62.7. The molecular weight excluding hydrogens is 1200 g/mol. The highest BCUT2D eigenvalue weighted by atomic mass is 32.2. The van der Waals surface area contributed by atoms with Gasteiger partial charge in [0.15, 0.2) is 0 Å². The fourth-order valence-corrected chi connectivity index (χ4v) is 11.9. The van der Waals surface area contributed by atoms with E-state index in [1.807, 2.05) is 23.5 Å². The molecule has 4 aliphatic heterocycles. The van der Waals surface area contributed by atoms with Gasteiger partial charge in [-0.1, -0.05) is 18.0 Å². The number of ether oxygens (including phenoxy) is 16. The number of carbonyl (C=O) groups excluding carboxylic acids is 4. The van der Waals surface area contributed by atoms with Crippen LogP contribution in [0.3, 0.4) is 0 Å². The lowest BCUT2D eigenvalue weighted by atomic mass is 10.0. The monoisotopic (exact) mass is 1300 g/mol. The summed E-state index contributed by atoms with van der Waals surface area (Å²) in [4.78, 5) is 49.5. The molecule has 0 radical (unpaired) electrons. The van der Waals surface area contributed by atoms with Crippen LogP contribution in [0.1, 0.15) is 51.4 Å². The lowest BCUT2D eigenvalue weighted by Crippen LogP contribution is -2.36. The number of fused-ring (bicyclic) bond motifs is 2. The average molecular weight is 1300 g/mol. The largest absolute Gasteiger partial charge is 0.379 e. The van der Waals surface area contributed by atoms with E-state index in [0.29, 0.717) is 261 Å². The van der Waals surface area contributed by atoms with Gasteiger partial charge >= 0.3 is 12.1 Å². The molecule has 0 aromatic heterocycles. The summed E-state index contributed by atoms with van der Waals surface area (Å²) >= 11 is 3.80. The zero-order valence-electron chi connectivity index (χ0n) is 51.9. The smallest absolute Gasteiger partial charge is 0.315 e. The number of nitrogens with two attached hydrogens (primary N) is 1. The lowest BCUT2D eigenvalue weighted by Gasteiger charge is -2.16. The molecule has 4 fully saturated rings. The molecular formula is C56H106N10O20S2. The van der Waals surface area contributed by atoms with Gasteiger partial charge in [0.2, 0.25) is 11.8 Å². The Morgan fingerprint density at radius 2 is 0.693 bits per heavy atom. The van der Waals surface area contributed by atoms with Gasteiger partial charge < -0.3 is 113 Å². The second-order valence-corrected chi connectivity index (χ2v) is 22.5. The fraction of sp³-hybridized carbons (Fsp3) is 0.929. The van der Waals surface area contributed by atoms with Crippen molar-refractivity contribution in [3.63, 3.8) is 0 Å². The first-order valence-electron chi connectivity index (χ1n) is 31.3. The minimum Gasteiger partial charge on any atom is -0.379 e. The molecule has 88 heavy (non-hydrogen) atoms. The van der Waals surface area contributed by atoms with E-state index >= 15 is 0 Å². The number of azide groups is 1. The molecule has 0 saturated carbocycles. The molecule has 6 atom stereocenters. The predicted octanol–water partition coefficient (Wildman–Crippen LogP) is 1.19. The van der Waals surface area contributed by atoms with Crippen LogP contribution in [0.5, 0.6) is 0 Å². The van der Waals surface area contributed by atoms with E-state index in [0.717, 1.165) is 50.0 Å². The third-order valence-electron chi connectivity index (χ3n) is 13.2. The Kier molecular flexibility index (Phi) is 52.9. The summed E-state index contributed by atoms with van der Waals surface area (Å²) in [6.45, 7) is 17.4. The van der Waals surface area contributed by atoms with Crippen molar-refractivity contribution < 1.29 is 95.0 Å². The van der Waals surface area contributed by atoms with Gasteiger partial charge in [-0.2, -0.15) is 23.5 Å². The number of unbranched alkanes of at least 4 members (excludes halogenated alkanes) is 2. The van der Waals surface area contributed by atoms with Gasteiger partial charge in [0.05, 0.1) is 236 Å². The minimum absolute atomic E-state index is 0.0419. The predicted molar refractivity (Wildman–Crippen MR) is 330 cm³/mol. The van der Waals surface area contributed by atoms with Gasteiger partial charge in [-0.15, -0.1) is 0 Å². The van der Waals surface area contributed by atoms with E-state index in [2.05, 4.69) is 41.9 Å². The van der Waals surface area contributed by atoms with Gasteiger partial charge in [-0.05, 0) is 31.2 Å². The van der Waals surface area contributed by atoms with Crippen molar-refractivity contribution in [3.8, 4) is 0 Å². The molecule has 0 aromatic carbocycles. The summed E-state index contributed by atoms with van der Waals surface area (Å²) in [6.07, 6.45) is 6.69. The summed E-state index contributed by atoms with van der Waals surface area (Å²) in [5, 5.41) is 21.9. The highest BCUT2D eigenvalue weighted by Gasteiger charge is 2.43. The molecule has 0 aliphatic carbocycles. The van der Waals surface area contributed by atoms with Crippen molar-refractivity contribution >= 4 is 47.4 Å². The lowest BCUT2D eigenvalue weighted by molar-refractivity contribution is -0.122. The number of amides is 6. The molecule has 4 rings (SSSR count). The average Bonchev–Trinajstić information content (AvgIpc) is 4.51. The molecule has 0 spiro atoms. The maximum Gasteiger partial charge on any atom is 0.315 e. The highest BCUT2D eigenvalue weighted by Crippen LogP contribution is 2.34. The molecule has 0 unspecified atom stereocenters. The molecule has 32 heteroatoms. The van der Waals surface area contributed by atoms with Gasteiger partial charge in [0.1, 0.15) is 0 Å². The third kappa shape index (κ3) is 45.1. The molecule has 30 nitrogen and oxygen atoms in total. The SMILES string of the molecule is NCCOCCOCCOCCOCCOCCOCCOCCOCCNC(=O)CCCC[C@@H]1SC[C@@H]2NC(=O)N[C@@H]21.[N-]=[N+]=NCCOCCOCCOCCOCCOCCOCCOCCOCCNC(=O)CCCC[C@@H]1SC[C@@H]2NC(=O)N[C@@H]21. The first-order valence-corrected chi connectivity index (χ1v) is 33.4. The van der Waals surface area contributed by atoms with Crippen molar-refractivity contribution in [3.05, 3.63) is 10.4 Å². The van der Waals surface area contributed by atoms with E-state index in [1.54, 1.807) is 0 Å². The van der Waals surface area contributed by atoms with E-state index < -0.39 is 0 Å². The third-order valence-corrected chi connectivity index (χ3v) is 16.2. The van der Waals surface area contributed by atoms with Crippen molar-refractivity contribution in [2.75, 3.05) is 249 Å². The number of hydrogen-bond acceptors (Lipinski definition) is 24. The van der Waals surface area contributed by atoms with E-state index in [4.69, 9.17) is 87.1 Å². The first kappa shape index (κ1) is 79.0. The van der Waals surface area contributed by atoms with Gasteiger partial charge in [-0.3, -0.25) is 9.59 Å². The summed E-state index contributed by atoms with van der Waals surface area (Å²) in [5.74, 6) is 2.01. The number of urea groups is 2. The Balaban J connectivity index is 0.000000461. The van der Waals surface area contributed by atoms with E-state index in [9.17, 15) is 19.2 Å². The number of carbonyl (C=O) groups is 4. The number of rotatable bonds is 63. The van der Waals surface area contributed by atoms with Crippen LogP contribution in [0, 0.1) is 0 Å². The Hall–Kier alpha value is -3.19. The maximum atomic E-state index is 12.0. The van der Waals surface area contributed by atoms with Crippen LogP contribution in [-0.2, 0) is 85.4 Å². The van der Waals surface area contributed by atoms with Crippen LogP contribution in [0.4, 0.5) is 9.59 Å². The molecule has 8 N–H and O–H groups in total. The van der Waals surface area contributed by atoms with Crippen molar-refractivity contribution in [1.29, 1.82) is 0 Å². The molecule has 0 bridgehead atoms. The summed E-state index contributed by atoms with van der Waals surface area (Å²) in [5.41, 5.74) is 13.5. The Morgan fingerprint density at radius 1 is 0.420 bits per heavy atom. The van der Waals surface area contributed by atoms with Crippen molar-refractivity contribution in [2.24, 2.45) is 10.8 Å². The highest BCUT2D eigenvalue weighted by molar-refractivity contribution is 8.00. The van der Waals surface area contributed by atoms with Crippen molar-refractivity contribution in [2.45, 2.75) is 86.0 Å². The first-order chi connectivity index (χ1) is 43.4. The van der Waals surface area contributed by atoms with E-state index in [-0.39, 0.29) is 48.0 Å².